The number of hydrogen-bond donors (Lipinski definition) is 2. The molecule has 1 fully saturated rings. The third kappa shape index (κ3) is 3.35. The monoisotopic (exact) mass is 222 g/mol. The van der Waals surface area contributed by atoms with E-state index in [-0.39, 0.29) is 11.8 Å². The second kappa shape index (κ2) is 5.66. The highest BCUT2D eigenvalue weighted by Crippen LogP contribution is 2.17. The van der Waals surface area contributed by atoms with Gasteiger partial charge in [0.15, 0.2) is 0 Å². The summed E-state index contributed by atoms with van der Waals surface area (Å²) in [7, 11) is 0. The minimum Gasteiger partial charge on any atom is -0.304 e. The summed E-state index contributed by atoms with van der Waals surface area (Å²) in [6.07, 6.45) is 8.78. The quantitative estimate of drug-likeness (QED) is 0.406. The minimum atomic E-state index is -0.607. The predicted molar refractivity (Wildman–Crippen MR) is 61.5 cm³/mol. The Kier molecular flexibility index (Phi) is 4.51. The molecule has 0 aliphatic carbocycles. The lowest BCUT2D eigenvalue weighted by molar-refractivity contribution is -0.138. The Bertz CT molecular complexity index is 319. The van der Waals surface area contributed by atoms with Crippen LogP contribution in [-0.4, -0.2) is 23.9 Å². The summed E-state index contributed by atoms with van der Waals surface area (Å²) in [4.78, 5) is 22.6. The van der Waals surface area contributed by atoms with Gasteiger partial charge in [-0.3, -0.25) is 14.9 Å². The van der Waals surface area contributed by atoms with E-state index in [1.165, 1.54) is 0 Å². The molecular formula is C12H18N2O2. The number of piperidine rings is 1. The summed E-state index contributed by atoms with van der Waals surface area (Å²) < 4.78 is 0. The Morgan fingerprint density at radius 2 is 2.25 bits per heavy atom. The molecule has 0 aromatic carbocycles. The zero-order valence-corrected chi connectivity index (χ0v) is 9.64. The van der Waals surface area contributed by atoms with Gasteiger partial charge in [-0.1, -0.05) is 0 Å². The Balaban J connectivity index is 2.32. The lowest BCUT2D eigenvalue weighted by Gasteiger charge is -2.32. The maximum Gasteiger partial charge on any atom is 0.246 e. The Morgan fingerprint density at radius 3 is 2.88 bits per heavy atom. The Hall–Kier alpha value is -1.34. The first-order chi connectivity index (χ1) is 7.58. The van der Waals surface area contributed by atoms with Crippen LogP contribution in [0.2, 0.25) is 0 Å². The first kappa shape index (κ1) is 12.7. The molecule has 2 amide bonds. The maximum atomic E-state index is 11.6. The van der Waals surface area contributed by atoms with Crippen molar-refractivity contribution >= 4 is 11.8 Å². The van der Waals surface area contributed by atoms with Crippen LogP contribution < -0.4 is 10.6 Å². The minimum absolute atomic E-state index is 0.184. The highest BCUT2D eigenvalue weighted by Gasteiger charge is 2.37. The van der Waals surface area contributed by atoms with Crippen LogP contribution in [0.3, 0.4) is 0 Å². The fourth-order valence-corrected chi connectivity index (χ4v) is 1.69. The van der Waals surface area contributed by atoms with Gasteiger partial charge in [-0.15, -0.1) is 12.3 Å². The molecule has 1 saturated heterocycles. The average Bonchev–Trinajstić information content (AvgIpc) is 2.24. The molecule has 16 heavy (non-hydrogen) atoms. The average molecular weight is 222 g/mol. The highest BCUT2D eigenvalue weighted by molar-refractivity contribution is 6.02. The van der Waals surface area contributed by atoms with Crippen LogP contribution in [0.5, 0.6) is 0 Å². The van der Waals surface area contributed by atoms with Crippen molar-refractivity contribution < 1.29 is 9.59 Å². The van der Waals surface area contributed by atoms with Crippen LogP contribution in [0.4, 0.5) is 0 Å². The van der Waals surface area contributed by atoms with Gasteiger partial charge in [0, 0.05) is 12.8 Å². The van der Waals surface area contributed by atoms with E-state index in [1.807, 2.05) is 6.92 Å². The lowest BCUT2D eigenvalue weighted by Crippen LogP contribution is -2.59. The zero-order chi connectivity index (χ0) is 12.0. The first-order valence-corrected chi connectivity index (χ1v) is 5.61. The van der Waals surface area contributed by atoms with Gasteiger partial charge >= 0.3 is 0 Å². The third-order valence-corrected chi connectivity index (χ3v) is 2.87. The van der Waals surface area contributed by atoms with Gasteiger partial charge in [-0.05, 0) is 32.7 Å². The highest BCUT2D eigenvalue weighted by atomic mass is 16.2. The largest absolute Gasteiger partial charge is 0.304 e. The molecule has 0 aromatic rings. The molecule has 1 unspecified atom stereocenters. The van der Waals surface area contributed by atoms with Gasteiger partial charge in [0.2, 0.25) is 11.8 Å². The number of hydrogen-bond acceptors (Lipinski definition) is 3. The van der Waals surface area contributed by atoms with E-state index >= 15 is 0 Å². The molecule has 1 rings (SSSR count). The van der Waals surface area contributed by atoms with Crippen LogP contribution in [-0.2, 0) is 9.59 Å². The standard InChI is InChI=1S/C12H18N2O2/c1-3-4-5-6-9-13-12(2)8-7-10(15)14-11(12)16/h1,13H,4-9H2,2H3,(H,14,15,16). The number of amides is 2. The van der Waals surface area contributed by atoms with Crippen molar-refractivity contribution in [2.75, 3.05) is 6.54 Å². The second-order valence-corrected chi connectivity index (χ2v) is 4.30. The van der Waals surface area contributed by atoms with Crippen LogP contribution in [0, 0.1) is 12.3 Å². The van der Waals surface area contributed by atoms with Gasteiger partial charge in [0.1, 0.15) is 0 Å². The molecular weight excluding hydrogens is 204 g/mol. The van der Waals surface area contributed by atoms with E-state index in [4.69, 9.17) is 6.42 Å². The van der Waals surface area contributed by atoms with Crippen molar-refractivity contribution in [3.63, 3.8) is 0 Å². The summed E-state index contributed by atoms with van der Waals surface area (Å²) in [5.74, 6) is 2.17. The first-order valence-electron chi connectivity index (χ1n) is 5.61. The molecule has 0 spiro atoms. The van der Waals surface area contributed by atoms with E-state index in [0.717, 1.165) is 25.8 Å². The number of rotatable bonds is 5. The number of imide groups is 1. The van der Waals surface area contributed by atoms with E-state index in [9.17, 15) is 9.59 Å². The van der Waals surface area contributed by atoms with Crippen LogP contribution in [0.25, 0.3) is 0 Å². The molecule has 0 bridgehead atoms. The fraction of sp³-hybridized carbons (Fsp3) is 0.667. The number of terminal acetylenes is 1. The van der Waals surface area contributed by atoms with Gasteiger partial charge < -0.3 is 5.32 Å². The molecule has 4 heteroatoms. The van der Waals surface area contributed by atoms with Crippen molar-refractivity contribution in [2.45, 2.75) is 44.6 Å². The normalized spacial score (nSPS) is 25.0. The molecule has 1 aliphatic heterocycles. The zero-order valence-electron chi connectivity index (χ0n) is 9.64. The topological polar surface area (TPSA) is 58.2 Å². The van der Waals surface area contributed by atoms with Crippen molar-refractivity contribution in [1.29, 1.82) is 0 Å². The van der Waals surface area contributed by atoms with Gasteiger partial charge in [-0.2, -0.15) is 0 Å². The lowest BCUT2D eigenvalue weighted by atomic mass is 9.91. The van der Waals surface area contributed by atoms with Crippen molar-refractivity contribution in [1.82, 2.24) is 10.6 Å². The van der Waals surface area contributed by atoms with E-state index in [1.54, 1.807) is 0 Å². The molecule has 0 radical (unpaired) electrons. The molecule has 1 heterocycles. The van der Waals surface area contributed by atoms with E-state index in [0.29, 0.717) is 12.8 Å². The van der Waals surface area contributed by atoms with Crippen LogP contribution >= 0.6 is 0 Å². The number of nitrogens with one attached hydrogen (secondary N) is 2. The summed E-state index contributed by atoms with van der Waals surface area (Å²) in [5, 5.41) is 5.54. The summed E-state index contributed by atoms with van der Waals surface area (Å²) >= 11 is 0. The van der Waals surface area contributed by atoms with Crippen molar-refractivity contribution in [3.05, 3.63) is 0 Å². The smallest absolute Gasteiger partial charge is 0.246 e. The van der Waals surface area contributed by atoms with E-state index < -0.39 is 5.54 Å². The predicted octanol–water partition coefficient (Wildman–Crippen LogP) is 0.575. The van der Waals surface area contributed by atoms with Crippen molar-refractivity contribution in [3.8, 4) is 12.3 Å². The molecule has 2 N–H and O–H groups in total. The van der Waals surface area contributed by atoms with E-state index in [2.05, 4.69) is 16.6 Å². The summed E-state index contributed by atoms with van der Waals surface area (Å²) in [5.41, 5.74) is -0.607. The molecule has 1 aliphatic rings. The van der Waals surface area contributed by atoms with Crippen LogP contribution in [0.1, 0.15) is 39.0 Å². The van der Waals surface area contributed by atoms with Crippen LogP contribution in [0.15, 0.2) is 0 Å². The van der Waals surface area contributed by atoms with Gasteiger partial charge in [-0.25, -0.2) is 0 Å². The van der Waals surface area contributed by atoms with Gasteiger partial charge in [0.05, 0.1) is 5.54 Å². The number of unbranched alkanes of at least 4 members (excludes halogenated alkanes) is 2. The van der Waals surface area contributed by atoms with Gasteiger partial charge in [0.25, 0.3) is 0 Å². The molecule has 0 saturated carbocycles. The molecule has 1 atom stereocenters. The Labute approximate surface area is 96.2 Å². The number of carbonyl (C=O) groups is 2. The van der Waals surface area contributed by atoms with Crippen molar-refractivity contribution in [2.24, 2.45) is 0 Å². The third-order valence-electron chi connectivity index (χ3n) is 2.87. The molecule has 4 nitrogen and oxygen atoms in total. The summed E-state index contributed by atoms with van der Waals surface area (Å²) in [6, 6.07) is 0. The molecule has 88 valence electrons. The second-order valence-electron chi connectivity index (χ2n) is 4.30. The SMILES string of the molecule is C#CCCCCNC1(C)CCC(=O)NC1=O. The Morgan fingerprint density at radius 1 is 1.50 bits per heavy atom. The maximum absolute atomic E-state index is 11.6. The fourth-order valence-electron chi connectivity index (χ4n) is 1.69. The summed E-state index contributed by atoms with van der Waals surface area (Å²) in [6.45, 7) is 2.58. The molecule has 0 aromatic heterocycles. The number of carbonyl (C=O) groups excluding carboxylic acids is 2.